The van der Waals surface area contributed by atoms with Crippen molar-refractivity contribution in [3.8, 4) is 0 Å². The Kier molecular flexibility index (Phi) is 3.23. The number of aryl methyl sites for hydroxylation is 1. The normalized spacial score (nSPS) is 18.7. The van der Waals surface area contributed by atoms with Crippen molar-refractivity contribution in [1.82, 2.24) is 5.43 Å². The molecular formula is C12H18N2O. The van der Waals surface area contributed by atoms with Gasteiger partial charge in [0.15, 0.2) is 0 Å². The van der Waals surface area contributed by atoms with Crippen LogP contribution in [0.1, 0.15) is 43.0 Å². The van der Waals surface area contributed by atoms with Gasteiger partial charge in [-0.1, -0.05) is 11.6 Å². The van der Waals surface area contributed by atoms with E-state index in [-0.39, 0.29) is 6.04 Å². The maximum atomic E-state index is 5.63. The van der Waals surface area contributed by atoms with Gasteiger partial charge in [0.25, 0.3) is 0 Å². The van der Waals surface area contributed by atoms with Crippen molar-refractivity contribution >= 4 is 0 Å². The first-order valence-electron chi connectivity index (χ1n) is 5.52. The molecule has 0 radical (unpaired) electrons. The van der Waals surface area contributed by atoms with Crippen LogP contribution in [0.4, 0.5) is 0 Å². The zero-order valence-corrected chi connectivity index (χ0v) is 9.12. The number of allylic oxidation sites excluding steroid dienone is 1. The van der Waals surface area contributed by atoms with Crippen LogP contribution in [0.15, 0.2) is 28.4 Å². The summed E-state index contributed by atoms with van der Waals surface area (Å²) in [5.41, 5.74) is 5.44. The summed E-state index contributed by atoms with van der Waals surface area (Å²) < 4.78 is 5.32. The van der Waals surface area contributed by atoms with E-state index in [0.29, 0.717) is 0 Å². The van der Waals surface area contributed by atoms with Crippen molar-refractivity contribution in [3.05, 3.63) is 35.3 Å². The summed E-state index contributed by atoms with van der Waals surface area (Å²) in [6, 6.07) is 2.12. The van der Waals surface area contributed by atoms with Crippen molar-refractivity contribution < 1.29 is 4.42 Å². The van der Waals surface area contributed by atoms with Crippen LogP contribution in [0.5, 0.6) is 0 Å². The highest BCUT2D eigenvalue weighted by Gasteiger charge is 2.19. The standard InChI is InChI=1S/C12H18N2O/c1-9-11(7-8-15-9)12(14-13)10-5-3-2-4-6-10/h5,7-8,12,14H,2-4,6,13H2,1H3. The van der Waals surface area contributed by atoms with E-state index in [2.05, 4.69) is 11.5 Å². The van der Waals surface area contributed by atoms with Gasteiger partial charge in [-0.05, 0) is 38.7 Å². The van der Waals surface area contributed by atoms with Crippen LogP contribution >= 0.6 is 0 Å². The summed E-state index contributed by atoms with van der Waals surface area (Å²) in [4.78, 5) is 0. The second-order valence-corrected chi connectivity index (χ2v) is 4.06. The number of hydrazine groups is 1. The van der Waals surface area contributed by atoms with E-state index in [1.54, 1.807) is 6.26 Å². The Bertz CT molecular complexity index is 354. The van der Waals surface area contributed by atoms with Gasteiger partial charge in [-0.2, -0.15) is 0 Å². The highest BCUT2D eigenvalue weighted by Crippen LogP contribution is 2.31. The van der Waals surface area contributed by atoms with Gasteiger partial charge in [0.1, 0.15) is 5.76 Å². The lowest BCUT2D eigenvalue weighted by molar-refractivity contribution is 0.511. The molecule has 3 heteroatoms. The van der Waals surface area contributed by atoms with E-state index >= 15 is 0 Å². The van der Waals surface area contributed by atoms with Crippen molar-refractivity contribution in [2.75, 3.05) is 0 Å². The average molecular weight is 206 g/mol. The van der Waals surface area contributed by atoms with Crippen molar-refractivity contribution in [1.29, 1.82) is 0 Å². The van der Waals surface area contributed by atoms with Crippen molar-refractivity contribution in [2.45, 2.75) is 38.6 Å². The third-order valence-electron chi connectivity index (χ3n) is 3.07. The molecule has 3 nitrogen and oxygen atoms in total. The quantitative estimate of drug-likeness (QED) is 0.454. The van der Waals surface area contributed by atoms with Crippen LogP contribution in [-0.4, -0.2) is 0 Å². The monoisotopic (exact) mass is 206 g/mol. The first-order valence-corrected chi connectivity index (χ1v) is 5.52. The second kappa shape index (κ2) is 4.64. The first-order chi connectivity index (χ1) is 7.33. The largest absolute Gasteiger partial charge is 0.469 e. The lowest BCUT2D eigenvalue weighted by Gasteiger charge is -2.22. The lowest BCUT2D eigenvalue weighted by atomic mass is 9.90. The molecule has 0 fully saturated rings. The molecule has 1 aliphatic carbocycles. The molecule has 1 heterocycles. The summed E-state index contributed by atoms with van der Waals surface area (Å²) in [5, 5.41) is 0. The summed E-state index contributed by atoms with van der Waals surface area (Å²) >= 11 is 0. The Morgan fingerprint density at radius 1 is 1.47 bits per heavy atom. The number of furan rings is 1. The summed E-state index contributed by atoms with van der Waals surface area (Å²) in [5.74, 6) is 6.58. The van der Waals surface area contributed by atoms with Crippen LogP contribution < -0.4 is 11.3 Å². The Labute approximate surface area is 90.3 Å². The second-order valence-electron chi connectivity index (χ2n) is 4.06. The number of hydrogen-bond acceptors (Lipinski definition) is 3. The topological polar surface area (TPSA) is 51.2 Å². The molecule has 0 amide bonds. The Balaban J connectivity index is 2.24. The maximum absolute atomic E-state index is 5.63. The van der Waals surface area contributed by atoms with Crippen molar-refractivity contribution in [3.63, 3.8) is 0 Å². The molecule has 0 aliphatic heterocycles. The van der Waals surface area contributed by atoms with Gasteiger partial charge >= 0.3 is 0 Å². The Hall–Kier alpha value is -1.06. The molecule has 0 saturated carbocycles. The minimum absolute atomic E-state index is 0.129. The van der Waals surface area contributed by atoms with Gasteiger partial charge in [0, 0.05) is 5.56 Å². The van der Waals surface area contributed by atoms with Gasteiger partial charge in [0.2, 0.25) is 0 Å². The van der Waals surface area contributed by atoms with E-state index in [4.69, 9.17) is 10.3 Å². The third-order valence-corrected chi connectivity index (χ3v) is 3.07. The van der Waals surface area contributed by atoms with E-state index in [0.717, 1.165) is 17.7 Å². The molecule has 15 heavy (non-hydrogen) atoms. The van der Waals surface area contributed by atoms with E-state index in [1.165, 1.54) is 24.8 Å². The third kappa shape index (κ3) is 2.13. The number of nitrogens with one attached hydrogen (secondary N) is 1. The molecule has 0 saturated heterocycles. The smallest absolute Gasteiger partial charge is 0.105 e. The summed E-state index contributed by atoms with van der Waals surface area (Å²) in [7, 11) is 0. The minimum atomic E-state index is 0.129. The molecule has 3 N–H and O–H groups in total. The number of nitrogens with two attached hydrogens (primary N) is 1. The highest BCUT2D eigenvalue weighted by atomic mass is 16.3. The van der Waals surface area contributed by atoms with Crippen LogP contribution in [0.2, 0.25) is 0 Å². The molecule has 0 spiro atoms. The average Bonchev–Trinajstić information content (AvgIpc) is 2.68. The van der Waals surface area contributed by atoms with Crippen molar-refractivity contribution in [2.24, 2.45) is 5.84 Å². The molecule has 0 aromatic carbocycles. The molecule has 1 aliphatic rings. The molecule has 1 unspecified atom stereocenters. The first kappa shape index (κ1) is 10.5. The van der Waals surface area contributed by atoms with Gasteiger partial charge in [-0.15, -0.1) is 0 Å². The molecule has 82 valence electrons. The molecule has 1 atom stereocenters. The van der Waals surface area contributed by atoms with Crippen LogP contribution in [-0.2, 0) is 0 Å². The molecule has 1 aromatic rings. The number of rotatable bonds is 3. The fraction of sp³-hybridized carbons (Fsp3) is 0.500. The molecule has 2 rings (SSSR count). The van der Waals surface area contributed by atoms with Gasteiger partial charge in [-0.3, -0.25) is 5.84 Å². The lowest BCUT2D eigenvalue weighted by Crippen LogP contribution is -2.30. The van der Waals surface area contributed by atoms with Gasteiger partial charge in [0.05, 0.1) is 12.3 Å². The SMILES string of the molecule is Cc1occc1C(NN)C1=CCCCC1. The van der Waals surface area contributed by atoms with Crippen LogP contribution in [0.25, 0.3) is 0 Å². The fourth-order valence-electron chi connectivity index (χ4n) is 2.22. The summed E-state index contributed by atoms with van der Waals surface area (Å²) in [6.45, 7) is 1.98. The highest BCUT2D eigenvalue weighted by molar-refractivity contribution is 5.30. The molecule has 1 aromatic heterocycles. The Morgan fingerprint density at radius 2 is 2.33 bits per heavy atom. The Morgan fingerprint density at radius 3 is 2.87 bits per heavy atom. The summed E-state index contributed by atoms with van der Waals surface area (Å²) in [6.07, 6.45) is 8.90. The molecule has 0 bridgehead atoms. The minimum Gasteiger partial charge on any atom is -0.469 e. The fourth-order valence-corrected chi connectivity index (χ4v) is 2.22. The van der Waals surface area contributed by atoms with E-state index < -0.39 is 0 Å². The van der Waals surface area contributed by atoms with Gasteiger partial charge < -0.3 is 4.42 Å². The van der Waals surface area contributed by atoms with E-state index in [1.807, 2.05) is 13.0 Å². The zero-order valence-electron chi connectivity index (χ0n) is 9.12. The van der Waals surface area contributed by atoms with Gasteiger partial charge in [-0.25, -0.2) is 5.43 Å². The molecular weight excluding hydrogens is 188 g/mol. The maximum Gasteiger partial charge on any atom is 0.105 e. The predicted octanol–water partition coefficient (Wildman–Crippen LogP) is 2.59. The number of hydrogen-bond donors (Lipinski definition) is 2. The van der Waals surface area contributed by atoms with Crippen LogP contribution in [0, 0.1) is 6.92 Å². The van der Waals surface area contributed by atoms with E-state index in [9.17, 15) is 0 Å². The zero-order chi connectivity index (χ0) is 10.7. The van der Waals surface area contributed by atoms with Crippen LogP contribution in [0.3, 0.4) is 0 Å². The predicted molar refractivity (Wildman–Crippen MR) is 60.1 cm³/mol.